The Labute approximate surface area is 327 Å². The van der Waals surface area contributed by atoms with Crippen LogP contribution in [0.5, 0.6) is 0 Å². The lowest BCUT2D eigenvalue weighted by Gasteiger charge is -2.25. The topological polar surface area (TPSA) is 30.5 Å². The summed E-state index contributed by atoms with van der Waals surface area (Å²) < 4.78 is 0. The summed E-state index contributed by atoms with van der Waals surface area (Å²) in [6.45, 7) is 0. The van der Waals surface area contributed by atoms with Crippen molar-refractivity contribution in [3.8, 4) is 22.3 Å². The van der Waals surface area contributed by atoms with Gasteiger partial charge in [-0.15, -0.1) is 0 Å². The molecule has 0 aliphatic carbocycles. The van der Waals surface area contributed by atoms with E-state index in [9.17, 15) is 0 Å². The first kappa shape index (κ1) is 32.2. The predicted octanol–water partition coefficient (Wildman–Crippen LogP) is 11.6. The van der Waals surface area contributed by atoms with Crippen molar-refractivity contribution in [3.63, 3.8) is 0 Å². The van der Waals surface area contributed by atoms with Gasteiger partial charge < -0.3 is 20.4 Å². The Balaban J connectivity index is 1.01. The highest BCUT2D eigenvalue weighted by atomic mass is 15.3. The van der Waals surface area contributed by atoms with Crippen molar-refractivity contribution in [2.45, 2.75) is 12.3 Å². The SMILES string of the molecule is C1=CC2NC(c3ccc(-c4c5ccccc5c(-c5ccc(C6=C(c7ccccc7)N7C=CC=CC7N6)cc5)c5ccccc45)cc3)=C(c3ccccc3)N2C=C1. The van der Waals surface area contributed by atoms with Crippen LogP contribution >= 0.6 is 0 Å². The van der Waals surface area contributed by atoms with Crippen LogP contribution in [0.3, 0.4) is 0 Å². The number of hydrogen-bond acceptors (Lipinski definition) is 4. The Morgan fingerprint density at radius 3 is 1.04 bits per heavy atom. The van der Waals surface area contributed by atoms with Crippen LogP contribution < -0.4 is 10.6 Å². The Morgan fingerprint density at radius 2 is 0.661 bits per heavy atom. The molecule has 4 nitrogen and oxygen atoms in total. The van der Waals surface area contributed by atoms with Crippen molar-refractivity contribution in [2.24, 2.45) is 0 Å². The molecular formula is C52H38N4. The van der Waals surface area contributed by atoms with Crippen molar-refractivity contribution in [1.29, 1.82) is 0 Å². The van der Waals surface area contributed by atoms with Crippen molar-refractivity contribution in [2.75, 3.05) is 0 Å². The quantitative estimate of drug-likeness (QED) is 0.168. The van der Waals surface area contributed by atoms with Gasteiger partial charge in [-0.25, -0.2) is 0 Å². The summed E-state index contributed by atoms with van der Waals surface area (Å²) in [5.41, 5.74) is 14.3. The summed E-state index contributed by atoms with van der Waals surface area (Å²) in [5.74, 6) is 0. The molecule has 56 heavy (non-hydrogen) atoms. The minimum Gasteiger partial charge on any atom is -0.359 e. The van der Waals surface area contributed by atoms with Gasteiger partial charge in [0.1, 0.15) is 12.3 Å². The molecule has 0 radical (unpaired) electrons. The van der Waals surface area contributed by atoms with Crippen LogP contribution in [0.2, 0.25) is 0 Å². The van der Waals surface area contributed by atoms with E-state index in [0.717, 1.165) is 11.4 Å². The number of allylic oxidation sites excluding steroid dienone is 4. The maximum atomic E-state index is 3.80. The lowest BCUT2D eigenvalue weighted by atomic mass is 9.85. The number of nitrogens with zero attached hydrogens (tertiary/aromatic N) is 2. The van der Waals surface area contributed by atoms with Gasteiger partial charge in [0.2, 0.25) is 0 Å². The van der Waals surface area contributed by atoms with Gasteiger partial charge in [0.15, 0.2) is 0 Å². The largest absolute Gasteiger partial charge is 0.359 e. The molecule has 0 saturated heterocycles. The third-order valence-corrected chi connectivity index (χ3v) is 11.4. The number of benzene rings is 7. The summed E-state index contributed by atoms with van der Waals surface area (Å²) in [7, 11) is 0. The molecule has 2 N–H and O–H groups in total. The first-order valence-corrected chi connectivity index (χ1v) is 19.3. The van der Waals surface area contributed by atoms with Crippen molar-refractivity contribution >= 4 is 44.3 Å². The molecule has 7 aromatic carbocycles. The summed E-state index contributed by atoms with van der Waals surface area (Å²) in [6.07, 6.45) is 17.4. The van der Waals surface area contributed by atoms with E-state index >= 15 is 0 Å². The average Bonchev–Trinajstić information content (AvgIpc) is 3.86. The molecule has 0 fully saturated rings. The van der Waals surface area contributed by atoms with Crippen LogP contribution in [-0.4, -0.2) is 22.1 Å². The van der Waals surface area contributed by atoms with Crippen LogP contribution in [0.1, 0.15) is 22.3 Å². The minimum absolute atomic E-state index is 0.0905. The van der Waals surface area contributed by atoms with Gasteiger partial charge in [0.25, 0.3) is 0 Å². The molecule has 0 bridgehead atoms. The molecule has 4 heteroatoms. The van der Waals surface area contributed by atoms with Crippen LogP contribution in [0.25, 0.3) is 66.6 Å². The Hall–Kier alpha value is -7.30. The molecule has 4 aliphatic rings. The summed E-state index contributed by atoms with van der Waals surface area (Å²) in [6, 6.07) is 57.4. The molecule has 2 unspecified atom stereocenters. The highest BCUT2D eigenvalue weighted by molar-refractivity contribution is 6.21. The van der Waals surface area contributed by atoms with E-state index in [-0.39, 0.29) is 12.3 Å². The lowest BCUT2D eigenvalue weighted by Crippen LogP contribution is -2.32. The standard InChI is InChI=1S/C52H38N4/c1-3-15-39(16-4-1)51-49(53-45-23-11-13-33-55(45)51)37-29-25-35(26-30-37)47-41-19-7-9-21-43(41)48(44-22-10-8-20-42(44)47)36-27-31-38(32-28-36)50-52(40-17-5-2-6-18-40)56-34-14-12-24-46(56)54-50/h1-34,45-46,53-54H. The Morgan fingerprint density at radius 1 is 0.321 bits per heavy atom. The highest BCUT2D eigenvalue weighted by Gasteiger charge is 2.32. The maximum Gasteiger partial charge on any atom is 0.123 e. The molecule has 4 aliphatic heterocycles. The monoisotopic (exact) mass is 718 g/mol. The minimum atomic E-state index is 0.0905. The number of rotatable bonds is 6. The second-order valence-corrected chi connectivity index (χ2v) is 14.6. The van der Waals surface area contributed by atoms with E-state index in [4.69, 9.17) is 0 Å². The van der Waals surface area contributed by atoms with Crippen molar-refractivity contribution in [3.05, 3.63) is 229 Å². The van der Waals surface area contributed by atoms with Gasteiger partial charge in [0, 0.05) is 23.5 Å². The smallest absolute Gasteiger partial charge is 0.123 e. The third-order valence-electron chi connectivity index (χ3n) is 11.4. The maximum absolute atomic E-state index is 3.80. The molecule has 11 rings (SSSR count). The predicted molar refractivity (Wildman–Crippen MR) is 233 cm³/mol. The van der Waals surface area contributed by atoms with E-state index in [1.54, 1.807) is 0 Å². The number of hydrogen-bond donors (Lipinski definition) is 2. The third kappa shape index (κ3) is 5.22. The Bertz CT molecular complexity index is 2590. The fraction of sp³-hybridized carbons (Fsp3) is 0.0385. The molecule has 266 valence electrons. The molecule has 4 heterocycles. The van der Waals surface area contributed by atoms with Gasteiger partial charge in [-0.2, -0.15) is 0 Å². The van der Waals surface area contributed by atoms with Crippen LogP contribution in [-0.2, 0) is 0 Å². The molecular weight excluding hydrogens is 681 g/mol. The van der Waals surface area contributed by atoms with E-state index in [2.05, 4.69) is 227 Å². The van der Waals surface area contributed by atoms with Gasteiger partial charge in [0.05, 0.1) is 22.8 Å². The highest BCUT2D eigenvalue weighted by Crippen LogP contribution is 2.45. The molecule has 0 amide bonds. The second-order valence-electron chi connectivity index (χ2n) is 14.6. The molecule has 0 saturated carbocycles. The van der Waals surface area contributed by atoms with Crippen LogP contribution in [0, 0.1) is 0 Å². The van der Waals surface area contributed by atoms with Crippen molar-refractivity contribution in [1.82, 2.24) is 20.4 Å². The Kier molecular flexibility index (Phi) is 7.59. The van der Waals surface area contributed by atoms with Gasteiger partial charge >= 0.3 is 0 Å². The second kappa shape index (κ2) is 13.2. The first-order chi connectivity index (χ1) is 27.8. The van der Waals surface area contributed by atoms with Crippen LogP contribution in [0.15, 0.2) is 207 Å². The zero-order chi connectivity index (χ0) is 37.0. The zero-order valence-corrected chi connectivity index (χ0v) is 30.7. The number of nitrogens with one attached hydrogen (secondary N) is 2. The first-order valence-electron chi connectivity index (χ1n) is 19.3. The molecule has 2 atom stereocenters. The molecule has 0 aromatic heterocycles. The lowest BCUT2D eigenvalue weighted by molar-refractivity contribution is 0.443. The van der Waals surface area contributed by atoms with E-state index in [1.807, 2.05) is 0 Å². The fourth-order valence-electron chi connectivity index (χ4n) is 8.92. The molecule has 7 aromatic rings. The van der Waals surface area contributed by atoms with E-state index in [1.165, 1.54) is 77.4 Å². The van der Waals surface area contributed by atoms with Gasteiger partial charge in [-0.3, -0.25) is 0 Å². The van der Waals surface area contributed by atoms with Crippen LogP contribution in [0.4, 0.5) is 0 Å². The van der Waals surface area contributed by atoms with Crippen molar-refractivity contribution < 1.29 is 0 Å². The summed E-state index contributed by atoms with van der Waals surface area (Å²) in [5, 5.41) is 12.6. The average molecular weight is 719 g/mol. The normalized spacial score (nSPS) is 18.1. The zero-order valence-electron chi connectivity index (χ0n) is 30.7. The van der Waals surface area contributed by atoms with Gasteiger partial charge in [-0.1, -0.05) is 170 Å². The van der Waals surface area contributed by atoms with E-state index in [0.29, 0.717) is 0 Å². The van der Waals surface area contributed by atoms with E-state index < -0.39 is 0 Å². The van der Waals surface area contributed by atoms with Gasteiger partial charge in [-0.05, 0) is 79.2 Å². The summed E-state index contributed by atoms with van der Waals surface area (Å²) >= 11 is 0. The summed E-state index contributed by atoms with van der Waals surface area (Å²) in [4.78, 5) is 4.65. The molecule has 0 spiro atoms. The fourth-order valence-corrected chi connectivity index (χ4v) is 8.92. The number of fused-ring (bicyclic) bond motifs is 4.